The van der Waals surface area contributed by atoms with Crippen LogP contribution in [-0.4, -0.2) is 39.7 Å². The molecule has 1 aliphatic rings. The SMILES string of the molecule is CCCCC[C@@H]1Cc2cc(O)ccc2N[C@@H]1C(=O)OCC.[Se]c1ccccc1. The minimum absolute atomic E-state index is 0.169. The molecule has 2 aromatic rings. The number of benzene rings is 2. The van der Waals surface area contributed by atoms with Crippen molar-refractivity contribution in [3.8, 4) is 5.75 Å². The number of esters is 1. The molecule has 0 saturated heterocycles. The Balaban J connectivity index is 0.000000336. The number of fused-ring (bicyclic) bond motifs is 1. The van der Waals surface area contributed by atoms with Crippen LogP contribution in [0.15, 0.2) is 48.5 Å². The van der Waals surface area contributed by atoms with Crippen LogP contribution in [0.4, 0.5) is 5.69 Å². The summed E-state index contributed by atoms with van der Waals surface area (Å²) >= 11 is 2.90. The topological polar surface area (TPSA) is 58.6 Å². The van der Waals surface area contributed by atoms with Gasteiger partial charge in [-0.15, -0.1) is 0 Å². The normalized spacial score (nSPS) is 17.5. The zero-order chi connectivity index (χ0) is 20.4. The second-order valence-corrected chi connectivity index (χ2v) is 7.98. The standard InChI is InChI=1S/C17H25NO3.C6H5Se/c1-3-5-6-7-12-10-13-11-14(19)8-9-15(13)18-16(12)17(20)21-4-2;7-6-4-2-1-3-5-6/h8-9,11-12,16,18-19H,3-7,10H2,1-2H3;1-5H/t12-,16+;/m1./s1. The average Bonchev–Trinajstić information content (AvgIpc) is 2.69. The van der Waals surface area contributed by atoms with Gasteiger partial charge in [-0.2, -0.15) is 0 Å². The minimum atomic E-state index is -0.279. The van der Waals surface area contributed by atoms with Gasteiger partial charge in [0.1, 0.15) is 11.8 Å². The number of phenolic OH excluding ortho intramolecular Hbond substituents is 1. The molecule has 3 rings (SSSR count). The van der Waals surface area contributed by atoms with Gasteiger partial charge >= 0.3 is 56.8 Å². The summed E-state index contributed by atoms with van der Waals surface area (Å²) in [5.41, 5.74) is 2.01. The predicted molar refractivity (Wildman–Crippen MR) is 115 cm³/mol. The van der Waals surface area contributed by atoms with E-state index >= 15 is 0 Å². The van der Waals surface area contributed by atoms with E-state index in [0.29, 0.717) is 6.61 Å². The number of carbonyl (C=O) groups is 1. The first-order valence-corrected chi connectivity index (χ1v) is 10.9. The molecule has 0 unspecified atom stereocenters. The number of phenols is 1. The van der Waals surface area contributed by atoms with Crippen LogP contribution in [0.3, 0.4) is 0 Å². The summed E-state index contributed by atoms with van der Waals surface area (Å²) in [5.74, 6) is 0.333. The molecule has 2 atom stereocenters. The summed E-state index contributed by atoms with van der Waals surface area (Å²) in [7, 11) is 0. The van der Waals surface area contributed by atoms with Crippen LogP contribution in [-0.2, 0) is 16.0 Å². The van der Waals surface area contributed by atoms with Crippen LogP contribution in [0.1, 0.15) is 45.1 Å². The molecule has 0 aliphatic carbocycles. The van der Waals surface area contributed by atoms with Crippen LogP contribution in [0.2, 0.25) is 0 Å². The molecular formula is C23H30NO3Se. The van der Waals surface area contributed by atoms with Crippen LogP contribution in [0.5, 0.6) is 5.75 Å². The van der Waals surface area contributed by atoms with Crippen LogP contribution < -0.4 is 9.78 Å². The zero-order valence-corrected chi connectivity index (χ0v) is 18.4. The number of ether oxygens (including phenoxy) is 1. The molecule has 1 heterocycles. The summed E-state index contributed by atoms with van der Waals surface area (Å²) in [6.45, 7) is 4.41. The van der Waals surface area contributed by atoms with E-state index < -0.39 is 0 Å². The Morgan fingerprint density at radius 1 is 1.18 bits per heavy atom. The van der Waals surface area contributed by atoms with E-state index in [1.807, 2.05) is 43.3 Å². The van der Waals surface area contributed by atoms with Crippen LogP contribution in [0.25, 0.3) is 0 Å². The first kappa shape index (κ1) is 22.3. The number of anilines is 1. The molecule has 0 aromatic heterocycles. The van der Waals surface area contributed by atoms with Gasteiger partial charge in [-0.1, -0.05) is 26.2 Å². The third kappa shape index (κ3) is 6.88. The van der Waals surface area contributed by atoms with Crippen molar-refractivity contribution in [3.05, 3.63) is 54.1 Å². The molecule has 0 spiro atoms. The molecule has 0 amide bonds. The molecular weight excluding hydrogens is 417 g/mol. The van der Waals surface area contributed by atoms with Gasteiger partial charge in [0.05, 0.1) is 6.61 Å². The molecule has 1 radical (unpaired) electrons. The maximum absolute atomic E-state index is 12.2. The fourth-order valence-electron chi connectivity index (χ4n) is 3.40. The summed E-state index contributed by atoms with van der Waals surface area (Å²) in [6, 6.07) is 15.1. The third-order valence-electron chi connectivity index (χ3n) is 4.82. The molecule has 0 saturated carbocycles. The second kappa shape index (κ2) is 11.8. The Morgan fingerprint density at radius 2 is 1.93 bits per heavy atom. The van der Waals surface area contributed by atoms with Gasteiger partial charge in [0.2, 0.25) is 0 Å². The zero-order valence-electron chi connectivity index (χ0n) is 16.7. The van der Waals surface area contributed by atoms with Gasteiger partial charge in [0.15, 0.2) is 0 Å². The Bertz CT molecular complexity index is 736. The van der Waals surface area contributed by atoms with Crippen molar-refractivity contribution in [1.82, 2.24) is 0 Å². The van der Waals surface area contributed by atoms with E-state index in [9.17, 15) is 9.90 Å². The van der Waals surface area contributed by atoms with Gasteiger partial charge in [-0.05, 0) is 49.4 Å². The number of carbonyl (C=O) groups excluding carboxylic acids is 1. The van der Waals surface area contributed by atoms with Crippen LogP contribution in [0, 0.1) is 5.92 Å². The fraction of sp³-hybridized carbons (Fsp3) is 0.435. The number of rotatable bonds is 6. The van der Waals surface area contributed by atoms with E-state index in [0.717, 1.165) is 30.5 Å². The number of nitrogens with one attached hydrogen (secondary N) is 1. The quantitative estimate of drug-likeness (QED) is 0.305. The first-order chi connectivity index (χ1) is 13.5. The van der Waals surface area contributed by atoms with Crippen molar-refractivity contribution < 1.29 is 14.6 Å². The molecule has 28 heavy (non-hydrogen) atoms. The molecule has 151 valence electrons. The summed E-state index contributed by atoms with van der Waals surface area (Å²) in [5, 5.41) is 12.9. The van der Waals surface area contributed by atoms with Gasteiger partial charge in [-0.3, -0.25) is 0 Å². The first-order valence-electron chi connectivity index (χ1n) is 10.0. The molecule has 2 N–H and O–H groups in total. The van der Waals surface area contributed by atoms with Gasteiger partial charge in [0, 0.05) is 5.69 Å². The summed E-state index contributed by atoms with van der Waals surface area (Å²) < 4.78 is 6.40. The molecule has 0 bridgehead atoms. The number of hydrogen-bond acceptors (Lipinski definition) is 4. The Kier molecular flexibility index (Phi) is 9.39. The van der Waals surface area contributed by atoms with Gasteiger partial charge in [-0.25, -0.2) is 4.79 Å². The summed E-state index contributed by atoms with van der Waals surface area (Å²) in [4.78, 5) is 12.2. The van der Waals surface area contributed by atoms with Crippen molar-refractivity contribution in [2.45, 2.75) is 52.0 Å². The molecule has 2 aromatic carbocycles. The predicted octanol–water partition coefficient (Wildman–Crippen LogP) is 3.97. The Hall–Kier alpha value is -1.97. The Morgan fingerprint density at radius 3 is 2.54 bits per heavy atom. The third-order valence-corrected chi connectivity index (χ3v) is 5.39. The van der Waals surface area contributed by atoms with E-state index in [2.05, 4.69) is 28.3 Å². The maximum atomic E-state index is 12.2. The second-order valence-electron chi connectivity index (χ2n) is 6.99. The number of hydrogen-bond donors (Lipinski definition) is 2. The molecule has 4 nitrogen and oxygen atoms in total. The average molecular weight is 447 g/mol. The molecule has 5 heteroatoms. The van der Waals surface area contributed by atoms with Crippen molar-refractivity contribution in [1.29, 1.82) is 0 Å². The number of aromatic hydroxyl groups is 1. The van der Waals surface area contributed by atoms with E-state index in [1.54, 1.807) is 12.1 Å². The van der Waals surface area contributed by atoms with Crippen molar-refractivity contribution >= 4 is 32.1 Å². The van der Waals surface area contributed by atoms with E-state index in [-0.39, 0.29) is 23.7 Å². The number of unbranched alkanes of at least 4 members (excludes halogenated alkanes) is 2. The molecule has 1 aliphatic heterocycles. The van der Waals surface area contributed by atoms with Crippen LogP contribution >= 0.6 is 0 Å². The monoisotopic (exact) mass is 448 g/mol. The van der Waals surface area contributed by atoms with Crippen molar-refractivity contribution in [2.75, 3.05) is 11.9 Å². The van der Waals surface area contributed by atoms with Gasteiger partial charge < -0.3 is 15.2 Å². The Labute approximate surface area is 176 Å². The van der Waals surface area contributed by atoms with Crippen molar-refractivity contribution in [2.24, 2.45) is 5.92 Å². The fourth-order valence-corrected chi connectivity index (χ4v) is 3.73. The van der Waals surface area contributed by atoms with Crippen molar-refractivity contribution in [3.63, 3.8) is 0 Å². The van der Waals surface area contributed by atoms with Gasteiger partial charge in [0.25, 0.3) is 0 Å². The summed E-state index contributed by atoms with van der Waals surface area (Å²) in [6.07, 6.45) is 5.27. The molecule has 0 fully saturated rings. The van der Waals surface area contributed by atoms with E-state index in [1.165, 1.54) is 17.3 Å². The van der Waals surface area contributed by atoms with E-state index in [4.69, 9.17) is 4.74 Å².